The second-order valence-corrected chi connectivity index (χ2v) is 5.65. The monoisotopic (exact) mass is 259 g/mol. The molecule has 102 valence electrons. The Balaban J connectivity index is 2.16. The molecule has 0 radical (unpaired) electrons. The standard InChI is InChI=1S/C14H21N5/c1-14(2,3)11-5-7-12(8-6-11)19-17-13(16-18-19)9-10-15-4/h5-8,15H,9-10H2,1-4H3. The molecule has 0 atom stereocenters. The third-order valence-electron chi connectivity index (χ3n) is 3.02. The lowest BCUT2D eigenvalue weighted by Crippen LogP contribution is -2.12. The van der Waals surface area contributed by atoms with Gasteiger partial charge in [0, 0.05) is 13.0 Å². The Bertz CT molecular complexity index is 522. The fourth-order valence-corrected chi connectivity index (χ4v) is 1.78. The lowest BCUT2D eigenvalue weighted by molar-refractivity contribution is 0.589. The number of tetrazole rings is 1. The molecule has 2 rings (SSSR count). The van der Waals surface area contributed by atoms with Gasteiger partial charge in [-0.15, -0.1) is 15.0 Å². The SMILES string of the molecule is CNCCc1nnn(-c2ccc(C(C)(C)C)cc2)n1. The molecule has 0 amide bonds. The van der Waals surface area contributed by atoms with Gasteiger partial charge in [-0.3, -0.25) is 0 Å². The van der Waals surface area contributed by atoms with E-state index in [0.717, 1.165) is 24.5 Å². The second-order valence-electron chi connectivity index (χ2n) is 5.65. The van der Waals surface area contributed by atoms with E-state index in [1.165, 1.54) is 5.56 Å². The van der Waals surface area contributed by atoms with Crippen molar-refractivity contribution in [3.63, 3.8) is 0 Å². The third kappa shape index (κ3) is 3.38. The van der Waals surface area contributed by atoms with Crippen LogP contribution in [0, 0.1) is 0 Å². The zero-order valence-corrected chi connectivity index (χ0v) is 12.0. The summed E-state index contributed by atoms with van der Waals surface area (Å²) < 4.78 is 0. The van der Waals surface area contributed by atoms with Gasteiger partial charge in [-0.05, 0) is 35.4 Å². The molecule has 0 unspecified atom stereocenters. The number of likely N-dealkylation sites (N-methyl/N-ethyl adjacent to an activating group) is 1. The number of nitrogens with zero attached hydrogens (tertiary/aromatic N) is 4. The quantitative estimate of drug-likeness (QED) is 0.908. The average Bonchev–Trinajstić information content (AvgIpc) is 2.84. The Labute approximate surface area is 114 Å². The predicted molar refractivity (Wildman–Crippen MR) is 75.5 cm³/mol. The van der Waals surface area contributed by atoms with E-state index in [-0.39, 0.29) is 5.41 Å². The number of nitrogens with one attached hydrogen (secondary N) is 1. The summed E-state index contributed by atoms with van der Waals surface area (Å²) in [7, 11) is 1.91. The molecule has 19 heavy (non-hydrogen) atoms. The van der Waals surface area contributed by atoms with Gasteiger partial charge in [0.2, 0.25) is 0 Å². The van der Waals surface area contributed by atoms with Gasteiger partial charge in [0.15, 0.2) is 5.82 Å². The van der Waals surface area contributed by atoms with Crippen LogP contribution in [0.2, 0.25) is 0 Å². The van der Waals surface area contributed by atoms with Crippen molar-refractivity contribution < 1.29 is 0 Å². The summed E-state index contributed by atoms with van der Waals surface area (Å²) in [4.78, 5) is 1.58. The molecule has 2 aromatic rings. The molecule has 0 aliphatic carbocycles. The van der Waals surface area contributed by atoms with E-state index < -0.39 is 0 Å². The predicted octanol–water partition coefficient (Wildman–Crippen LogP) is 1.72. The van der Waals surface area contributed by atoms with Crippen LogP contribution in [-0.2, 0) is 11.8 Å². The van der Waals surface area contributed by atoms with Gasteiger partial charge in [-0.2, -0.15) is 0 Å². The fraction of sp³-hybridized carbons (Fsp3) is 0.500. The summed E-state index contributed by atoms with van der Waals surface area (Å²) in [5, 5.41) is 15.6. The highest BCUT2D eigenvalue weighted by atomic mass is 15.6. The zero-order chi connectivity index (χ0) is 13.9. The molecular weight excluding hydrogens is 238 g/mol. The summed E-state index contributed by atoms with van der Waals surface area (Å²) in [6.45, 7) is 7.46. The number of benzene rings is 1. The second kappa shape index (κ2) is 5.48. The van der Waals surface area contributed by atoms with Crippen molar-refractivity contribution in [1.82, 2.24) is 25.5 Å². The molecule has 1 heterocycles. The number of rotatable bonds is 4. The Morgan fingerprint density at radius 1 is 1.16 bits per heavy atom. The molecule has 5 heteroatoms. The molecule has 5 nitrogen and oxygen atoms in total. The van der Waals surface area contributed by atoms with Gasteiger partial charge in [0.1, 0.15) is 0 Å². The number of hydrogen-bond acceptors (Lipinski definition) is 4. The largest absolute Gasteiger partial charge is 0.319 e. The van der Waals surface area contributed by atoms with Gasteiger partial charge < -0.3 is 5.32 Å². The summed E-state index contributed by atoms with van der Waals surface area (Å²) in [6.07, 6.45) is 0.788. The van der Waals surface area contributed by atoms with Crippen molar-refractivity contribution in [3.05, 3.63) is 35.7 Å². The van der Waals surface area contributed by atoms with E-state index in [9.17, 15) is 0 Å². The summed E-state index contributed by atoms with van der Waals surface area (Å²) in [5.74, 6) is 0.759. The first-order valence-electron chi connectivity index (χ1n) is 6.55. The highest BCUT2D eigenvalue weighted by Gasteiger charge is 2.13. The molecule has 1 N–H and O–H groups in total. The maximum Gasteiger partial charge on any atom is 0.176 e. The first-order valence-corrected chi connectivity index (χ1v) is 6.55. The molecule has 1 aromatic heterocycles. The average molecular weight is 259 g/mol. The third-order valence-corrected chi connectivity index (χ3v) is 3.02. The van der Waals surface area contributed by atoms with E-state index >= 15 is 0 Å². The first kappa shape index (κ1) is 13.7. The van der Waals surface area contributed by atoms with E-state index in [0.29, 0.717) is 0 Å². The van der Waals surface area contributed by atoms with Gasteiger partial charge in [-0.25, -0.2) is 0 Å². The van der Waals surface area contributed by atoms with Crippen molar-refractivity contribution in [3.8, 4) is 5.69 Å². The number of aromatic nitrogens is 4. The van der Waals surface area contributed by atoms with Crippen LogP contribution < -0.4 is 5.32 Å². The number of hydrogen-bond donors (Lipinski definition) is 1. The fourth-order valence-electron chi connectivity index (χ4n) is 1.78. The van der Waals surface area contributed by atoms with Crippen molar-refractivity contribution in [2.24, 2.45) is 0 Å². The van der Waals surface area contributed by atoms with E-state index in [4.69, 9.17) is 0 Å². The Morgan fingerprint density at radius 3 is 2.42 bits per heavy atom. The van der Waals surface area contributed by atoms with Gasteiger partial charge in [-0.1, -0.05) is 32.9 Å². The van der Waals surface area contributed by atoms with Gasteiger partial charge in [0.25, 0.3) is 0 Å². The van der Waals surface area contributed by atoms with Crippen LogP contribution in [0.25, 0.3) is 5.69 Å². The minimum Gasteiger partial charge on any atom is -0.319 e. The van der Waals surface area contributed by atoms with Gasteiger partial charge >= 0.3 is 0 Å². The Hall–Kier alpha value is -1.75. The topological polar surface area (TPSA) is 55.6 Å². The van der Waals surface area contributed by atoms with Crippen LogP contribution in [0.3, 0.4) is 0 Å². The van der Waals surface area contributed by atoms with Crippen LogP contribution in [-0.4, -0.2) is 33.8 Å². The molecule has 0 aliphatic rings. The lowest BCUT2D eigenvalue weighted by Gasteiger charge is -2.18. The maximum atomic E-state index is 4.36. The van der Waals surface area contributed by atoms with E-state index in [1.54, 1.807) is 4.80 Å². The molecule has 0 bridgehead atoms. The lowest BCUT2D eigenvalue weighted by atomic mass is 9.87. The summed E-state index contributed by atoms with van der Waals surface area (Å²) >= 11 is 0. The molecule has 0 aliphatic heterocycles. The molecule has 0 spiro atoms. The minimum absolute atomic E-state index is 0.159. The Morgan fingerprint density at radius 2 is 1.84 bits per heavy atom. The van der Waals surface area contributed by atoms with E-state index in [1.807, 2.05) is 19.2 Å². The Kier molecular flexibility index (Phi) is 3.95. The summed E-state index contributed by atoms with van der Waals surface area (Å²) in [6, 6.07) is 8.30. The van der Waals surface area contributed by atoms with Crippen LogP contribution in [0.5, 0.6) is 0 Å². The van der Waals surface area contributed by atoms with Crippen molar-refractivity contribution >= 4 is 0 Å². The van der Waals surface area contributed by atoms with Crippen molar-refractivity contribution in [1.29, 1.82) is 0 Å². The molecule has 0 saturated carbocycles. The highest BCUT2D eigenvalue weighted by molar-refractivity contribution is 5.35. The molecule has 1 aromatic carbocycles. The molecule has 0 fully saturated rings. The minimum atomic E-state index is 0.159. The van der Waals surface area contributed by atoms with Gasteiger partial charge in [0.05, 0.1) is 5.69 Å². The summed E-state index contributed by atoms with van der Waals surface area (Å²) in [5.41, 5.74) is 2.40. The van der Waals surface area contributed by atoms with Crippen LogP contribution in [0.4, 0.5) is 0 Å². The van der Waals surface area contributed by atoms with Crippen LogP contribution >= 0.6 is 0 Å². The van der Waals surface area contributed by atoms with Crippen LogP contribution in [0.15, 0.2) is 24.3 Å². The molecule has 0 saturated heterocycles. The van der Waals surface area contributed by atoms with E-state index in [2.05, 4.69) is 53.6 Å². The zero-order valence-electron chi connectivity index (χ0n) is 12.0. The van der Waals surface area contributed by atoms with Crippen LogP contribution in [0.1, 0.15) is 32.2 Å². The smallest absolute Gasteiger partial charge is 0.176 e. The highest BCUT2D eigenvalue weighted by Crippen LogP contribution is 2.22. The van der Waals surface area contributed by atoms with Crippen molar-refractivity contribution in [2.75, 3.05) is 13.6 Å². The molecular formula is C14H21N5. The maximum absolute atomic E-state index is 4.36. The normalized spacial score (nSPS) is 11.8. The van der Waals surface area contributed by atoms with Crippen molar-refractivity contribution in [2.45, 2.75) is 32.6 Å². The first-order chi connectivity index (χ1) is 9.00.